The minimum atomic E-state index is -0.943. The molecule has 0 radical (unpaired) electrons. The van der Waals surface area contributed by atoms with Gasteiger partial charge in [-0.1, -0.05) is 69.3 Å². The summed E-state index contributed by atoms with van der Waals surface area (Å²) in [6.45, 7) is 5.83. The molecule has 2 aromatic carbocycles. The zero-order chi connectivity index (χ0) is 24.0. The zero-order valence-electron chi connectivity index (χ0n) is 19.3. The highest BCUT2D eigenvalue weighted by atomic mass is 16.5. The number of carbonyl (C=O) groups is 3. The van der Waals surface area contributed by atoms with Crippen LogP contribution in [0, 0.1) is 11.8 Å². The smallest absolute Gasteiger partial charge is 0.407 e. The maximum atomic E-state index is 12.5. The topological polar surface area (TPSA) is 105 Å². The van der Waals surface area contributed by atoms with E-state index in [2.05, 4.69) is 22.8 Å². The maximum Gasteiger partial charge on any atom is 0.407 e. The molecule has 0 spiro atoms. The predicted octanol–water partition coefficient (Wildman–Crippen LogP) is 4.17. The first-order chi connectivity index (χ1) is 15.8. The lowest BCUT2D eigenvalue weighted by atomic mass is 9.97. The van der Waals surface area contributed by atoms with Crippen LogP contribution in [-0.4, -0.2) is 42.3 Å². The van der Waals surface area contributed by atoms with E-state index in [1.165, 1.54) is 0 Å². The normalized spacial score (nSPS) is 14.2. The lowest BCUT2D eigenvalue weighted by Crippen LogP contribution is -2.48. The largest absolute Gasteiger partial charge is 0.481 e. The highest BCUT2D eigenvalue weighted by Crippen LogP contribution is 2.44. The summed E-state index contributed by atoms with van der Waals surface area (Å²) in [5.74, 6) is -1.89. The number of carbonyl (C=O) groups excluding carboxylic acids is 2. The fourth-order valence-corrected chi connectivity index (χ4v) is 4.32. The Hall–Kier alpha value is -3.35. The Bertz CT molecular complexity index is 958. The monoisotopic (exact) mass is 452 g/mol. The Morgan fingerprint density at radius 2 is 1.58 bits per heavy atom. The highest BCUT2D eigenvalue weighted by Gasteiger charge is 2.30. The minimum Gasteiger partial charge on any atom is -0.481 e. The quantitative estimate of drug-likeness (QED) is 0.502. The first-order valence-corrected chi connectivity index (χ1v) is 11.4. The maximum absolute atomic E-state index is 12.5. The van der Waals surface area contributed by atoms with Crippen molar-refractivity contribution in [1.82, 2.24) is 10.6 Å². The summed E-state index contributed by atoms with van der Waals surface area (Å²) in [7, 11) is 0. The van der Waals surface area contributed by atoms with Crippen molar-refractivity contribution in [2.45, 2.75) is 45.6 Å². The van der Waals surface area contributed by atoms with Crippen LogP contribution in [0.5, 0.6) is 0 Å². The number of carboxylic acids is 1. The molecule has 1 unspecified atom stereocenters. The van der Waals surface area contributed by atoms with Gasteiger partial charge in [0.2, 0.25) is 5.91 Å². The van der Waals surface area contributed by atoms with E-state index in [9.17, 15) is 19.5 Å². The Kier molecular flexibility index (Phi) is 8.09. The van der Waals surface area contributed by atoms with Gasteiger partial charge in [0, 0.05) is 12.5 Å². The number of hydrogen-bond acceptors (Lipinski definition) is 4. The molecule has 7 nitrogen and oxygen atoms in total. The van der Waals surface area contributed by atoms with Gasteiger partial charge in [-0.25, -0.2) is 4.79 Å². The zero-order valence-corrected chi connectivity index (χ0v) is 19.3. The summed E-state index contributed by atoms with van der Waals surface area (Å²) in [5.41, 5.74) is 4.51. The molecular formula is C26H32N2O5. The first kappa shape index (κ1) is 24.3. The van der Waals surface area contributed by atoms with Gasteiger partial charge in [-0.2, -0.15) is 0 Å². The number of aliphatic carboxylic acids is 1. The molecule has 0 saturated heterocycles. The van der Waals surface area contributed by atoms with Crippen LogP contribution in [0.3, 0.4) is 0 Å². The summed E-state index contributed by atoms with van der Waals surface area (Å²) in [4.78, 5) is 36.4. The summed E-state index contributed by atoms with van der Waals surface area (Å²) >= 11 is 0. The van der Waals surface area contributed by atoms with Crippen LogP contribution in [0.2, 0.25) is 0 Å². The molecule has 0 bridgehead atoms. The molecule has 3 N–H and O–H groups in total. The average Bonchev–Trinajstić information content (AvgIpc) is 3.12. The summed E-state index contributed by atoms with van der Waals surface area (Å²) in [6.07, 6.45) is 0.153. The van der Waals surface area contributed by atoms with Gasteiger partial charge in [-0.05, 0) is 41.0 Å². The van der Waals surface area contributed by atoms with Gasteiger partial charge in [-0.15, -0.1) is 0 Å². The fourth-order valence-electron chi connectivity index (χ4n) is 4.32. The summed E-state index contributed by atoms with van der Waals surface area (Å²) < 4.78 is 5.51. The predicted molar refractivity (Wildman–Crippen MR) is 126 cm³/mol. The fraction of sp³-hybridized carbons (Fsp3) is 0.423. The van der Waals surface area contributed by atoms with Crippen LogP contribution >= 0.6 is 0 Å². The van der Waals surface area contributed by atoms with E-state index in [4.69, 9.17) is 4.74 Å². The second-order valence-corrected chi connectivity index (χ2v) is 8.84. The molecule has 0 aromatic heterocycles. The molecule has 176 valence electrons. The molecule has 0 fully saturated rings. The van der Waals surface area contributed by atoms with E-state index in [1.54, 1.807) is 6.92 Å². The molecule has 1 aliphatic carbocycles. The van der Waals surface area contributed by atoms with Crippen LogP contribution in [0.15, 0.2) is 48.5 Å². The van der Waals surface area contributed by atoms with Gasteiger partial charge >= 0.3 is 12.1 Å². The SMILES string of the molecule is CC[C@@H](NC(=O)OCC1c2ccccc2-c2ccccc21)C(=O)NCC(CC(C)C)C(=O)O. The van der Waals surface area contributed by atoms with Gasteiger partial charge in [0.25, 0.3) is 0 Å². The Morgan fingerprint density at radius 1 is 1.00 bits per heavy atom. The number of benzene rings is 2. The van der Waals surface area contributed by atoms with Crippen molar-refractivity contribution >= 4 is 18.0 Å². The second kappa shape index (κ2) is 11.0. The Labute approximate surface area is 194 Å². The van der Waals surface area contributed by atoms with Crippen molar-refractivity contribution in [3.63, 3.8) is 0 Å². The molecule has 2 aromatic rings. The summed E-state index contributed by atoms with van der Waals surface area (Å²) in [5, 5.41) is 14.6. The van der Waals surface area contributed by atoms with Crippen molar-refractivity contribution in [3.05, 3.63) is 59.7 Å². The molecule has 3 rings (SSSR count). The highest BCUT2D eigenvalue weighted by molar-refractivity contribution is 5.86. The minimum absolute atomic E-state index is 0.0230. The molecule has 7 heteroatoms. The van der Waals surface area contributed by atoms with Crippen LogP contribution in [-0.2, 0) is 14.3 Å². The van der Waals surface area contributed by atoms with Crippen molar-refractivity contribution < 1.29 is 24.2 Å². The molecule has 33 heavy (non-hydrogen) atoms. The van der Waals surface area contributed by atoms with E-state index in [1.807, 2.05) is 50.2 Å². The van der Waals surface area contributed by atoms with E-state index in [0.29, 0.717) is 12.8 Å². The van der Waals surface area contributed by atoms with Crippen molar-refractivity contribution in [1.29, 1.82) is 0 Å². The number of fused-ring (bicyclic) bond motifs is 3. The lowest BCUT2D eigenvalue weighted by Gasteiger charge is -2.20. The third-order valence-electron chi connectivity index (χ3n) is 5.99. The van der Waals surface area contributed by atoms with E-state index in [0.717, 1.165) is 22.3 Å². The van der Waals surface area contributed by atoms with Crippen molar-refractivity contribution in [3.8, 4) is 11.1 Å². The van der Waals surface area contributed by atoms with Gasteiger partial charge in [0.1, 0.15) is 12.6 Å². The number of amides is 2. The van der Waals surface area contributed by atoms with Crippen LogP contribution in [0.1, 0.15) is 50.7 Å². The van der Waals surface area contributed by atoms with Crippen LogP contribution < -0.4 is 10.6 Å². The Balaban J connectivity index is 1.56. The Morgan fingerprint density at radius 3 is 2.09 bits per heavy atom. The lowest BCUT2D eigenvalue weighted by molar-refractivity contribution is -0.142. The molecule has 2 atom stereocenters. The van der Waals surface area contributed by atoms with Gasteiger partial charge in [-0.3, -0.25) is 9.59 Å². The van der Waals surface area contributed by atoms with E-state index >= 15 is 0 Å². The first-order valence-electron chi connectivity index (χ1n) is 11.4. The molecule has 0 aliphatic heterocycles. The molecule has 0 saturated carbocycles. The number of nitrogens with one attached hydrogen (secondary N) is 2. The van der Waals surface area contributed by atoms with E-state index in [-0.39, 0.29) is 25.0 Å². The van der Waals surface area contributed by atoms with Crippen LogP contribution in [0.25, 0.3) is 11.1 Å². The number of hydrogen-bond donors (Lipinski definition) is 3. The molecule has 2 amide bonds. The third kappa shape index (κ3) is 5.92. The third-order valence-corrected chi connectivity index (χ3v) is 5.99. The molecular weight excluding hydrogens is 420 g/mol. The van der Waals surface area contributed by atoms with Crippen molar-refractivity contribution in [2.24, 2.45) is 11.8 Å². The van der Waals surface area contributed by atoms with Gasteiger partial charge in [0.15, 0.2) is 0 Å². The van der Waals surface area contributed by atoms with Gasteiger partial charge in [0.05, 0.1) is 5.92 Å². The number of rotatable bonds is 10. The van der Waals surface area contributed by atoms with E-state index < -0.39 is 29.9 Å². The molecule has 0 heterocycles. The van der Waals surface area contributed by atoms with Crippen molar-refractivity contribution in [2.75, 3.05) is 13.2 Å². The summed E-state index contributed by atoms with van der Waals surface area (Å²) in [6, 6.07) is 15.3. The number of ether oxygens (including phenoxy) is 1. The number of carboxylic acid groups (broad SMARTS) is 1. The average molecular weight is 453 g/mol. The van der Waals surface area contributed by atoms with Crippen LogP contribution in [0.4, 0.5) is 4.79 Å². The van der Waals surface area contributed by atoms with Gasteiger partial charge < -0.3 is 20.5 Å². The standard InChI is InChI=1S/C26H32N2O5/c1-4-23(24(29)27-14-17(25(30)31)13-16(2)3)28-26(32)33-15-22-20-11-7-5-9-18(20)19-10-6-8-12-21(19)22/h5-12,16-17,22-23H,4,13-15H2,1-3H3,(H,27,29)(H,28,32)(H,30,31)/t17?,23-/m1/s1. The second-order valence-electron chi connectivity index (χ2n) is 8.84. The number of alkyl carbamates (subject to hydrolysis) is 1. The molecule has 1 aliphatic rings.